The van der Waals surface area contributed by atoms with Crippen molar-refractivity contribution in [1.82, 2.24) is 19.3 Å². The highest BCUT2D eigenvalue weighted by molar-refractivity contribution is 7.99. The molecule has 0 amide bonds. The average molecular weight is 447 g/mol. The number of hydrogen-bond acceptors (Lipinski definition) is 5. The molecule has 0 aliphatic carbocycles. The Balaban J connectivity index is 1.60. The number of para-hydroxylation sites is 1. The molecule has 0 fully saturated rings. The quantitative estimate of drug-likeness (QED) is 0.268. The third-order valence-electron chi connectivity index (χ3n) is 5.41. The lowest BCUT2D eigenvalue weighted by Crippen LogP contribution is -2.10. The summed E-state index contributed by atoms with van der Waals surface area (Å²) in [5.41, 5.74) is 4.72. The van der Waals surface area contributed by atoms with Crippen LogP contribution < -0.4 is 0 Å². The summed E-state index contributed by atoms with van der Waals surface area (Å²) in [6.07, 6.45) is 0. The zero-order valence-electron chi connectivity index (χ0n) is 18.5. The van der Waals surface area contributed by atoms with Gasteiger partial charge in [-0.2, -0.15) is 0 Å². The molecular weight excluding hydrogens is 420 g/mol. The second-order valence-electron chi connectivity index (χ2n) is 7.48. The molecule has 2 heterocycles. The van der Waals surface area contributed by atoms with Crippen LogP contribution in [-0.4, -0.2) is 44.6 Å². The molecule has 0 aliphatic rings. The molecule has 7 heteroatoms. The number of hydrogen-bond donors (Lipinski definition) is 0. The van der Waals surface area contributed by atoms with Crippen LogP contribution in [0.3, 0.4) is 0 Å². The number of rotatable bonds is 9. The Kier molecular flexibility index (Phi) is 6.87. The minimum absolute atomic E-state index is 0.0793. The summed E-state index contributed by atoms with van der Waals surface area (Å²) in [5.74, 6) is 1.12. The molecule has 0 N–H and O–H groups in total. The maximum atomic E-state index is 13.1. The zero-order valence-corrected chi connectivity index (χ0v) is 19.3. The highest BCUT2D eigenvalue weighted by Crippen LogP contribution is 2.28. The molecule has 164 valence electrons. The topological polar surface area (TPSA) is 61.9 Å². The number of thioether (sulfide) groups is 1. The number of aryl methyl sites for hydroxylation is 1. The lowest BCUT2D eigenvalue weighted by molar-refractivity contribution is 0.102. The van der Waals surface area contributed by atoms with Crippen molar-refractivity contribution < 1.29 is 9.53 Å². The molecule has 0 atom stereocenters. The molecule has 0 spiro atoms. The van der Waals surface area contributed by atoms with Crippen LogP contribution in [0.25, 0.3) is 17.1 Å². The maximum absolute atomic E-state index is 13.1. The van der Waals surface area contributed by atoms with Crippen molar-refractivity contribution in [3.8, 4) is 17.1 Å². The molecule has 4 rings (SSSR count). The van der Waals surface area contributed by atoms with Crippen molar-refractivity contribution in [2.24, 2.45) is 0 Å². The summed E-state index contributed by atoms with van der Waals surface area (Å²) >= 11 is 1.41. The molecule has 6 nitrogen and oxygen atoms in total. The van der Waals surface area contributed by atoms with Crippen molar-refractivity contribution >= 4 is 17.5 Å². The van der Waals surface area contributed by atoms with E-state index in [-0.39, 0.29) is 11.5 Å². The van der Waals surface area contributed by atoms with Crippen molar-refractivity contribution in [3.05, 3.63) is 83.7 Å². The highest BCUT2D eigenvalue weighted by atomic mass is 32.2. The normalized spacial score (nSPS) is 11.1. The van der Waals surface area contributed by atoms with Gasteiger partial charge in [-0.3, -0.25) is 9.36 Å². The van der Waals surface area contributed by atoms with E-state index in [9.17, 15) is 4.79 Å². The van der Waals surface area contributed by atoms with E-state index in [0.717, 1.165) is 40.6 Å². The zero-order chi connectivity index (χ0) is 22.5. The predicted octanol–water partition coefficient (Wildman–Crippen LogP) is 4.97. The van der Waals surface area contributed by atoms with Crippen LogP contribution in [0.4, 0.5) is 0 Å². The fraction of sp³-hybridized carbons (Fsp3) is 0.240. The standard InChI is InChI=1S/C25H26N4O2S/c1-18-16-22(19(2)28(18)14-15-31-3)23(30)17-32-25-27-26-24(20-10-6-4-7-11-20)29(25)21-12-8-5-9-13-21/h4-13,16H,14-15,17H2,1-3H3. The number of nitrogens with zero attached hydrogens (tertiary/aromatic N) is 4. The third-order valence-corrected chi connectivity index (χ3v) is 6.33. The Morgan fingerprint density at radius 3 is 2.38 bits per heavy atom. The van der Waals surface area contributed by atoms with Crippen molar-refractivity contribution in [3.63, 3.8) is 0 Å². The van der Waals surface area contributed by atoms with Gasteiger partial charge in [0, 0.05) is 41.9 Å². The fourth-order valence-corrected chi connectivity index (χ4v) is 4.60. The highest BCUT2D eigenvalue weighted by Gasteiger charge is 2.20. The van der Waals surface area contributed by atoms with Crippen molar-refractivity contribution in [2.45, 2.75) is 25.5 Å². The smallest absolute Gasteiger partial charge is 0.196 e. The molecule has 0 radical (unpaired) electrons. The van der Waals surface area contributed by atoms with Gasteiger partial charge in [-0.1, -0.05) is 60.3 Å². The minimum atomic E-state index is 0.0793. The van der Waals surface area contributed by atoms with E-state index in [1.807, 2.05) is 85.1 Å². The Morgan fingerprint density at radius 2 is 1.69 bits per heavy atom. The Bertz CT molecular complexity index is 1200. The summed E-state index contributed by atoms with van der Waals surface area (Å²) in [6, 6.07) is 21.9. The lowest BCUT2D eigenvalue weighted by atomic mass is 10.2. The molecular formula is C25H26N4O2S. The summed E-state index contributed by atoms with van der Waals surface area (Å²) in [7, 11) is 1.68. The Morgan fingerprint density at radius 1 is 1.00 bits per heavy atom. The van der Waals surface area contributed by atoms with Gasteiger partial charge in [-0.05, 0) is 32.0 Å². The molecule has 0 unspecified atom stereocenters. The van der Waals surface area contributed by atoms with Crippen LogP contribution in [-0.2, 0) is 11.3 Å². The third kappa shape index (κ3) is 4.54. The first kappa shape index (κ1) is 22.0. The number of aromatic nitrogens is 4. The number of Topliss-reactive ketones (excluding diaryl/α,β-unsaturated/α-hetero) is 1. The number of ketones is 1. The van der Waals surface area contributed by atoms with Gasteiger partial charge in [-0.15, -0.1) is 10.2 Å². The summed E-state index contributed by atoms with van der Waals surface area (Å²) in [5, 5.41) is 9.56. The van der Waals surface area contributed by atoms with Gasteiger partial charge in [-0.25, -0.2) is 0 Å². The van der Waals surface area contributed by atoms with Crippen LogP contribution in [0, 0.1) is 13.8 Å². The number of benzene rings is 2. The number of methoxy groups -OCH3 is 1. The first-order valence-electron chi connectivity index (χ1n) is 10.5. The first-order chi connectivity index (χ1) is 15.6. The number of carbonyl (C=O) groups is 1. The van der Waals surface area contributed by atoms with Crippen LogP contribution in [0.2, 0.25) is 0 Å². The second-order valence-corrected chi connectivity index (χ2v) is 8.43. The average Bonchev–Trinajstić information content (AvgIpc) is 3.38. The molecule has 0 saturated carbocycles. The number of carbonyl (C=O) groups excluding carboxylic acids is 1. The van der Waals surface area contributed by atoms with Gasteiger partial charge in [0.2, 0.25) is 0 Å². The maximum Gasteiger partial charge on any atom is 0.196 e. The van der Waals surface area contributed by atoms with E-state index in [4.69, 9.17) is 4.74 Å². The molecule has 2 aromatic carbocycles. The largest absolute Gasteiger partial charge is 0.383 e. The van der Waals surface area contributed by atoms with Crippen LogP contribution >= 0.6 is 11.8 Å². The van der Waals surface area contributed by atoms with Gasteiger partial charge in [0.05, 0.1) is 12.4 Å². The minimum Gasteiger partial charge on any atom is -0.383 e. The lowest BCUT2D eigenvalue weighted by Gasteiger charge is -2.10. The monoisotopic (exact) mass is 446 g/mol. The molecule has 32 heavy (non-hydrogen) atoms. The van der Waals surface area contributed by atoms with Gasteiger partial charge in [0.1, 0.15) is 0 Å². The van der Waals surface area contributed by atoms with Gasteiger partial charge >= 0.3 is 0 Å². The summed E-state index contributed by atoms with van der Waals surface area (Å²) in [4.78, 5) is 13.1. The van der Waals surface area contributed by atoms with Gasteiger partial charge in [0.15, 0.2) is 16.8 Å². The van der Waals surface area contributed by atoms with E-state index in [1.165, 1.54) is 11.8 Å². The summed E-state index contributed by atoms with van der Waals surface area (Å²) < 4.78 is 9.33. The predicted molar refractivity (Wildman–Crippen MR) is 128 cm³/mol. The van der Waals surface area contributed by atoms with Crippen LogP contribution in [0.15, 0.2) is 71.9 Å². The molecule has 0 bridgehead atoms. The Hall–Kier alpha value is -3.16. The van der Waals surface area contributed by atoms with E-state index < -0.39 is 0 Å². The molecule has 0 aliphatic heterocycles. The van der Waals surface area contributed by atoms with Gasteiger partial charge < -0.3 is 9.30 Å². The van der Waals surface area contributed by atoms with E-state index >= 15 is 0 Å². The van der Waals surface area contributed by atoms with E-state index in [0.29, 0.717) is 11.8 Å². The van der Waals surface area contributed by atoms with Gasteiger partial charge in [0.25, 0.3) is 0 Å². The Labute approximate surface area is 192 Å². The van der Waals surface area contributed by atoms with Crippen molar-refractivity contribution in [1.29, 1.82) is 0 Å². The van der Waals surface area contributed by atoms with Crippen LogP contribution in [0.1, 0.15) is 21.7 Å². The fourth-order valence-electron chi connectivity index (χ4n) is 3.77. The van der Waals surface area contributed by atoms with Crippen LogP contribution in [0.5, 0.6) is 0 Å². The SMILES string of the molecule is COCCn1c(C)cc(C(=O)CSc2nnc(-c3ccccc3)n2-c2ccccc2)c1C. The summed E-state index contributed by atoms with van der Waals surface area (Å²) in [6.45, 7) is 5.35. The number of ether oxygens (including phenoxy) is 1. The molecule has 0 saturated heterocycles. The molecule has 2 aromatic heterocycles. The molecule has 4 aromatic rings. The van der Waals surface area contributed by atoms with E-state index in [1.54, 1.807) is 7.11 Å². The van der Waals surface area contributed by atoms with Crippen molar-refractivity contribution in [2.75, 3.05) is 19.5 Å². The first-order valence-corrected chi connectivity index (χ1v) is 11.5. The van der Waals surface area contributed by atoms with E-state index in [2.05, 4.69) is 14.8 Å². The second kappa shape index (κ2) is 9.97.